The summed E-state index contributed by atoms with van der Waals surface area (Å²) in [6.45, 7) is 3.74. The Balaban J connectivity index is 2.68. The van der Waals surface area contributed by atoms with Gasteiger partial charge >= 0.3 is 0 Å². The zero-order valence-corrected chi connectivity index (χ0v) is 9.92. The van der Waals surface area contributed by atoms with Crippen molar-refractivity contribution in [2.75, 3.05) is 0 Å². The number of hydrogen-bond acceptors (Lipinski definition) is 4. The molecule has 2 heterocycles. The van der Waals surface area contributed by atoms with Gasteiger partial charge in [0.25, 0.3) is 0 Å². The summed E-state index contributed by atoms with van der Waals surface area (Å²) in [5.74, 6) is 0.699. The molecule has 0 unspecified atom stereocenters. The van der Waals surface area contributed by atoms with Crippen LogP contribution in [0.25, 0.3) is 5.82 Å². The summed E-state index contributed by atoms with van der Waals surface area (Å²) in [4.78, 5) is 0. The van der Waals surface area contributed by atoms with E-state index in [4.69, 9.17) is 10.9 Å². The fourth-order valence-electron chi connectivity index (χ4n) is 1.79. The largest absolute Gasteiger partial charge is 0.409 e. The average Bonchev–Trinajstić information content (AvgIpc) is 2.81. The molecule has 17 heavy (non-hydrogen) atoms. The van der Waals surface area contributed by atoms with Gasteiger partial charge in [0.05, 0.1) is 17.5 Å². The molecule has 90 valence electrons. The van der Waals surface area contributed by atoms with Gasteiger partial charge in [0.15, 0.2) is 11.7 Å². The van der Waals surface area contributed by atoms with Crippen LogP contribution < -0.4 is 5.73 Å². The maximum absolute atomic E-state index is 8.79. The fraction of sp³-hybridized carbons (Fsp3) is 0.300. The van der Waals surface area contributed by atoms with Gasteiger partial charge in [-0.15, -0.1) is 0 Å². The van der Waals surface area contributed by atoms with E-state index < -0.39 is 0 Å². The second-order valence-electron chi connectivity index (χ2n) is 3.86. The number of nitrogens with zero attached hydrogens (tertiary/aromatic N) is 5. The molecule has 3 N–H and O–H groups in total. The van der Waals surface area contributed by atoms with E-state index in [0.717, 1.165) is 5.56 Å². The summed E-state index contributed by atoms with van der Waals surface area (Å²) >= 11 is 0. The Labute approximate surface area is 98.1 Å². The number of hydrogen-bond donors (Lipinski definition) is 2. The third-order valence-electron chi connectivity index (χ3n) is 2.48. The Morgan fingerprint density at radius 2 is 2.18 bits per heavy atom. The van der Waals surface area contributed by atoms with E-state index in [1.165, 1.54) is 0 Å². The molecule has 0 atom stereocenters. The van der Waals surface area contributed by atoms with Crippen molar-refractivity contribution in [3.8, 4) is 5.82 Å². The van der Waals surface area contributed by atoms with Crippen LogP contribution >= 0.6 is 0 Å². The Bertz CT molecular complexity index is 580. The van der Waals surface area contributed by atoms with Crippen molar-refractivity contribution in [1.29, 1.82) is 0 Å². The summed E-state index contributed by atoms with van der Waals surface area (Å²) in [5, 5.41) is 20.3. The molecule has 2 aromatic rings. The molecule has 0 bridgehead atoms. The van der Waals surface area contributed by atoms with Crippen LogP contribution in [0, 0.1) is 13.8 Å². The Kier molecular flexibility index (Phi) is 2.58. The molecular weight excluding hydrogens is 220 g/mol. The minimum absolute atomic E-state index is 0.0266. The molecule has 0 amide bonds. The van der Waals surface area contributed by atoms with Gasteiger partial charge in [0.1, 0.15) is 0 Å². The van der Waals surface area contributed by atoms with Crippen molar-refractivity contribution in [3.63, 3.8) is 0 Å². The van der Waals surface area contributed by atoms with Gasteiger partial charge in [0.2, 0.25) is 0 Å². The molecule has 0 aliphatic heterocycles. The smallest absolute Gasteiger partial charge is 0.175 e. The van der Waals surface area contributed by atoms with Crippen LogP contribution in [0.1, 0.15) is 16.8 Å². The molecular formula is C10H14N6O. The predicted octanol–water partition coefficient (Wildman–Crippen LogP) is 0.317. The molecule has 7 heteroatoms. The fourth-order valence-corrected chi connectivity index (χ4v) is 1.79. The highest BCUT2D eigenvalue weighted by Gasteiger charge is 2.19. The third kappa shape index (κ3) is 1.75. The number of oxime groups is 1. The maximum Gasteiger partial charge on any atom is 0.175 e. The predicted molar refractivity (Wildman–Crippen MR) is 62.3 cm³/mol. The second kappa shape index (κ2) is 3.93. The number of aromatic nitrogens is 4. The molecule has 0 aliphatic rings. The zero-order valence-electron chi connectivity index (χ0n) is 9.92. The van der Waals surface area contributed by atoms with E-state index in [0.29, 0.717) is 17.1 Å². The first kappa shape index (κ1) is 11.2. The minimum Gasteiger partial charge on any atom is -0.409 e. The van der Waals surface area contributed by atoms with Gasteiger partial charge in [-0.1, -0.05) is 5.16 Å². The van der Waals surface area contributed by atoms with Gasteiger partial charge in [-0.3, -0.25) is 4.68 Å². The van der Waals surface area contributed by atoms with E-state index in [-0.39, 0.29) is 5.84 Å². The first-order valence-corrected chi connectivity index (χ1v) is 5.07. The summed E-state index contributed by atoms with van der Waals surface area (Å²) in [5.41, 5.74) is 7.95. The lowest BCUT2D eigenvalue weighted by Crippen LogP contribution is -2.17. The van der Waals surface area contributed by atoms with Crippen LogP contribution in [-0.2, 0) is 7.05 Å². The SMILES string of the molecule is Cc1cnn(-c2c(C(N)=NO)c(C)nn2C)c1. The van der Waals surface area contributed by atoms with E-state index in [9.17, 15) is 0 Å². The lowest BCUT2D eigenvalue weighted by atomic mass is 10.2. The summed E-state index contributed by atoms with van der Waals surface area (Å²) in [7, 11) is 1.79. The third-order valence-corrected chi connectivity index (χ3v) is 2.48. The van der Waals surface area contributed by atoms with Crippen molar-refractivity contribution in [1.82, 2.24) is 19.6 Å². The molecule has 0 radical (unpaired) electrons. The average molecular weight is 234 g/mol. The van der Waals surface area contributed by atoms with E-state index in [1.807, 2.05) is 13.1 Å². The molecule has 0 aromatic carbocycles. The molecule has 0 aliphatic carbocycles. The first-order valence-electron chi connectivity index (χ1n) is 5.07. The Morgan fingerprint density at radius 3 is 2.71 bits per heavy atom. The quantitative estimate of drug-likeness (QED) is 0.338. The molecule has 0 saturated heterocycles. The highest BCUT2D eigenvalue weighted by atomic mass is 16.4. The molecule has 0 fully saturated rings. The normalized spacial score (nSPS) is 12.1. The number of rotatable bonds is 2. The molecule has 7 nitrogen and oxygen atoms in total. The van der Waals surface area contributed by atoms with Crippen molar-refractivity contribution in [2.45, 2.75) is 13.8 Å². The zero-order chi connectivity index (χ0) is 12.6. The molecule has 2 aromatic heterocycles. The van der Waals surface area contributed by atoms with E-state index in [2.05, 4.69) is 15.4 Å². The Morgan fingerprint density at radius 1 is 1.47 bits per heavy atom. The van der Waals surface area contributed by atoms with Gasteiger partial charge < -0.3 is 10.9 Å². The summed E-state index contributed by atoms with van der Waals surface area (Å²) in [6, 6.07) is 0. The van der Waals surface area contributed by atoms with Crippen LogP contribution in [0.4, 0.5) is 0 Å². The van der Waals surface area contributed by atoms with Crippen molar-refractivity contribution < 1.29 is 5.21 Å². The number of nitrogens with two attached hydrogens (primary N) is 1. The highest BCUT2D eigenvalue weighted by Crippen LogP contribution is 2.17. The van der Waals surface area contributed by atoms with Gasteiger partial charge in [-0.2, -0.15) is 10.2 Å². The van der Waals surface area contributed by atoms with Crippen LogP contribution in [0.2, 0.25) is 0 Å². The van der Waals surface area contributed by atoms with Crippen molar-refractivity contribution in [2.24, 2.45) is 17.9 Å². The number of aryl methyl sites for hydroxylation is 3. The van der Waals surface area contributed by atoms with Crippen LogP contribution in [0.5, 0.6) is 0 Å². The second-order valence-corrected chi connectivity index (χ2v) is 3.86. The standard InChI is InChI=1S/C10H14N6O/c1-6-4-12-16(5-6)10-8(9(11)14-17)7(2)13-15(10)3/h4-5,17H,1-3H3,(H2,11,14). The van der Waals surface area contributed by atoms with Crippen LogP contribution in [0.15, 0.2) is 17.5 Å². The first-order chi connectivity index (χ1) is 8.04. The lowest BCUT2D eigenvalue weighted by Gasteiger charge is -2.05. The topological polar surface area (TPSA) is 94.2 Å². The Hall–Kier alpha value is -2.31. The van der Waals surface area contributed by atoms with Gasteiger partial charge in [-0.25, -0.2) is 4.68 Å². The molecule has 2 rings (SSSR count). The lowest BCUT2D eigenvalue weighted by molar-refractivity contribution is 0.318. The minimum atomic E-state index is 0.0266. The maximum atomic E-state index is 8.79. The number of amidine groups is 1. The summed E-state index contributed by atoms with van der Waals surface area (Å²) < 4.78 is 3.30. The van der Waals surface area contributed by atoms with Gasteiger partial charge in [0, 0.05) is 13.2 Å². The van der Waals surface area contributed by atoms with E-state index >= 15 is 0 Å². The van der Waals surface area contributed by atoms with Gasteiger partial charge in [-0.05, 0) is 19.4 Å². The van der Waals surface area contributed by atoms with Crippen molar-refractivity contribution >= 4 is 5.84 Å². The van der Waals surface area contributed by atoms with Crippen molar-refractivity contribution in [3.05, 3.63) is 29.2 Å². The van der Waals surface area contributed by atoms with E-state index in [1.54, 1.807) is 29.5 Å². The summed E-state index contributed by atoms with van der Waals surface area (Å²) in [6.07, 6.45) is 3.59. The van der Waals surface area contributed by atoms with Crippen LogP contribution in [-0.4, -0.2) is 30.6 Å². The molecule has 0 saturated carbocycles. The highest BCUT2D eigenvalue weighted by molar-refractivity contribution is 6.00. The van der Waals surface area contributed by atoms with Crippen LogP contribution in [0.3, 0.4) is 0 Å². The monoisotopic (exact) mass is 234 g/mol. The molecule has 0 spiro atoms.